The van der Waals surface area contributed by atoms with Gasteiger partial charge in [-0.1, -0.05) is 0 Å². The van der Waals surface area contributed by atoms with E-state index in [1.165, 1.54) is 6.20 Å². The van der Waals surface area contributed by atoms with Crippen LogP contribution in [0.1, 0.15) is 57.5 Å². The second-order valence-corrected chi connectivity index (χ2v) is 12.1. The van der Waals surface area contributed by atoms with E-state index in [4.69, 9.17) is 19.9 Å². The molecule has 40 heavy (non-hydrogen) atoms. The zero-order chi connectivity index (χ0) is 28.7. The van der Waals surface area contributed by atoms with Crippen LogP contribution in [0.15, 0.2) is 30.7 Å². The number of nitrogens with two attached hydrogens (primary N) is 1. The zero-order valence-corrected chi connectivity index (χ0v) is 23.8. The molecule has 0 spiro atoms. The van der Waals surface area contributed by atoms with Crippen LogP contribution in [0.25, 0.3) is 5.57 Å². The van der Waals surface area contributed by atoms with Crippen molar-refractivity contribution in [2.75, 3.05) is 49.6 Å². The van der Waals surface area contributed by atoms with Gasteiger partial charge in [0.25, 0.3) is 5.91 Å². The number of benzene rings is 1. The Balaban J connectivity index is 1.29. The van der Waals surface area contributed by atoms with Gasteiger partial charge in [0.15, 0.2) is 5.82 Å². The maximum Gasteiger partial charge on any atom is 0.410 e. The van der Waals surface area contributed by atoms with Gasteiger partial charge in [-0.3, -0.25) is 4.79 Å². The molecule has 1 aromatic carbocycles. The van der Waals surface area contributed by atoms with E-state index in [2.05, 4.69) is 34.0 Å². The molecular weight excluding hydrogens is 512 g/mol. The largest absolute Gasteiger partial charge is 0.487 e. The molecule has 3 N–H and O–H groups in total. The number of hydrogen-bond donors (Lipinski definition) is 2. The Morgan fingerprint density at radius 2 is 1.82 bits per heavy atom. The predicted octanol–water partition coefficient (Wildman–Crippen LogP) is 3.30. The maximum absolute atomic E-state index is 13.5. The number of fused-ring (bicyclic) bond motifs is 1. The highest BCUT2D eigenvalue weighted by molar-refractivity contribution is 6.24. The summed E-state index contributed by atoms with van der Waals surface area (Å²) < 4.78 is 17.1. The number of aromatic nitrogens is 2. The second-order valence-electron chi connectivity index (χ2n) is 12.1. The van der Waals surface area contributed by atoms with Crippen LogP contribution < -0.4 is 20.7 Å². The summed E-state index contributed by atoms with van der Waals surface area (Å²) in [7, 11) is 0. The number of morpholine rings is 1. The summed E-state index contributed by atoms with van der Waals surface area (Å²) in [5, 5.41) is 3.05. The Morgan fingerprint density at radius 1 is 1.15 bits per heavy atom. The normalized spacial score (nSPS) is 19.0. The number of nitrogens with zero attached hydrogens (tertiary/aromatic N) is 4. The summed E-state index contributed by atoms with van der Waals surface area (Å²) in [5.41, 5.74) is 8.70. The van der Waals surface area contributed by atoms with Gasteiger partial charge in [-0.2, -0.15) is 0 Å². The number of hydrogen-bond acceptors (Lipinski definition) is 9. The number of carbonyl (C=O) groups excluding carboxylic acids is 2. The van der Waals surface area contributed by atoms with E-state index in [1.54, 1.807) is 17.3 Å². The molecule has 214 valence electrons. The Hall–Kier alpha value is -3.86. The van der Waals surface area contributed by atoms with E-state index in [1.807, 2.05) is 32.9 Å². The first kappa shape index (κ1) is 27.7. The summed E-state index contributed by atoms with van der Waals surface area (Å²) in [6.45, 7) is 13.3. The van der Waals surface area contributed by atoms with Gasteiger partial charge in [0, 0.05) is 68.7 Å². The Morgan fingerprint density at radius 3 is 2.45 bits per heavy atom. The third-order valence-electron chi connectivity index (χ3n) is 7.11. The van der Waals surface area contributed by atoms with E-state index in [0.29, 0.717) is 45.1 Å². The molecule has 2 amide bonds. The molecule has 0 radical (unpaired) electrons. The zero-order valence-electron chi connectivity index (χ0n) is 23.8. The van der Waals surface area contributed by atoms with Crippen LogP contribution in [-0.4, -0.2) is 77.5 Å². The van der Waals surface area contributed by atoms with Crippen LogP contribution >= 0.6 is 0 Å². The van der Waals surface area contributed by atoms with Gasteiger partial charge in [-0.15, -0.1) is 0 Å². The van der Waals surface area contributed by atoms with Crippen molar-refractivity contribution < 1.29 is 23.8 Å². The molecule has 2 fully saturated rings. The number of rotatable bonds is 5. The van der Waals surface area contributed by atoms with Crippen molar-refractivity contribution in [2.45, 2.75) is 58.2 Å². The van der Waals surface area contributed by atoms with Gasteiger partial charge in [-0.25, -0.2) is 14.8 Å². The van der Waals surface area contributed by atoms with Crippen LogP contribution in [0, 0.1) is 0 Å². The van der Waals surface area contributed by atoms with Crippen molar-refractivity contribution in [3.63, 3.8) is 0 Å². The third kappa shape index (κ3) is 5.99. The molecule has 3 aliphatic heterocycles. The fraction of sp³-hybridized carbons (Fsp3) is 0.517. The van der Waals surface area contributed by atoms with Crippen LogP contribution in [0.3, 0.4) is 0 Å². The molecule has 2 aromatic rings. The van der Waals surface area contributed by atoms with Crippen LogP contribution in [-0.2, 0) is 20.7 Å². The number of ether oxygens (including phenoxy) is 3. The topological polar surface area (TPSA) is 132 Å². The van der Waals surface area contributed by atoms with Gasteiger partial charge in [0.1, 0.15) is 17.0 Å². The van der Waals surface area contributed by atoms with Crippen LogP contribution in [0.2, 0.25) is 0 Å². The molecule has 0 atom stereocenters. The molecule has 11 nitrogen and oxygen atoms in total. The smallest absolute Gasteiger partial charge is 0.410 e. The van der Waals surface area contributed by atoms with E-state index in [0.717, 1.165) is 29.0 Å². The monoisotopic (exact) mass is 550 g/mol. The average Bonchev–Trinajstić information content (AvgIpc) is 3.16. The quantitative estimate of drug-likeness (QED) is 0.538. The van der Waals surface area contributed by atoms with Crippen molar-refractivity contribution >= 4 is 28.9 Å². The van der Waals surface area contributed by atoms with E-state index >= 15 is 0 Å². The van der Waals surface area contributed by atoms with Gasteiger partial charge in [0.05, 0.1) is 30.2 Å². The van der Waals surface area contributed by atoms with Gasteiger partial charge in [-0.05, 0) is 46.2 Å². The van der Waals surface area contributed by atoms with Crippen LogP contribution in [0.4, 0.5) is 16.2 Å². The molecule has 1 aromatic heterocycles. The first-order valence-corrected chi connectivity index (χ1v) is 13.6. The summed E-state index contributed by atoms with van der Waals surface area (Å²) in [4.78, 5) is 38.4. The van der Waals surface area contributed by atoms with E-state index in [9.17, 15) is 9.59 Å². The third-order valence-corrected chi connectivity index (χ3v) is 7.11. The average molecular weight is 551 g/mol. The SMILES string of the molecule is CC(C)(C)OC(=O)N1CC(c2cnc(C(=CN)C(=O)Nc3cc4c(cc3N3CCOCC3)OC(C)(C)C4)nc2)C1. The lowest BCUT2D eigenvalue weighted by Crippen LogP contribution is -2.50. The highest BCUT2D eigenvalue weighted by Gasteiger charge is 2.35. The first-order chi connectivity index (χ1) is 18.9. The minimum Gasteiger partial charge on any atom is -0.487 e. The molecule has 3 aliphatic rings. The number of nitrogens with one attached hydrogen (secondary N) is 1. The molecule has 2 saturated heterocycles. The lowest BCUT2D eigenvalue weighted by Gasteiger charge is -2.39. The molecule has 0 saturated carbocycles. The first-order valence-electron chi connectivity index (χ1n) is 13.6. The number of anilines is 2. The van der Waals surface area contributed by atoms with Crippen molar-refractivity contribution in [2.24, 2.45) is 5.73 Å². The Labute approximate surface area is 234 Å². The van der Waals surface area contributed by atoms with Crippen molar-refractivity contribution in [1.29, 1.82) is 0 Å². The highest BCUT2D eigenvalue weighted by Crippen LogP contribution is 2.42. The van der Waals surface area contributed by atoms with E-state index < -0.39 is 11.5 Å². The fourth-order valence-electron chi connectivity index (χ4n) is 5.10. The number of likely N-dealkylation sites (tertiary alicyclic amines) is 1. The molecule has 4 heterocycles. The lowest BCUT2D eigenvalue weighted by atomic mass is 9.94. The van der Waals surface area contributed by atoms with Crippen molar-refractivity contribution in [3.05, 3.63) is 47.7 Å². The Kier molecular flexibility index (Phi) is 7.34. The molecule has 0 aliphatic carbocycles. The molecule has 0 unspecified atom stereocenters. The summed E-state index contributed by atoms with van der Waals surface area (Å²) >= 11 is 0. The number of amides is 2. The number of carbonyl (C=O) groups is 2. The van der Waals surface area contributed by atoms with Gasteiger partial charge < -0.3 is 35.1 Å². The molecule has 0 bridgehead atoms. The minimum absolute atomic E-state index is 0.106. The van der Waals surface area contributed by atoms with Crippen molar-refractivity contribution in [1.82, 2.24) is 14.9 Å². The summed E-state index contributed by atoms with van der Waals surface area (Å²) in [5.74, 6) is 0.766. The standard InChI is InChI=1S/C29H38N6O5/c1-28(2,3)40-27(37)35-16-20(17-35)19-14-31-25(32-15-19)21(13-30)26(36)33-22-10-18-12-29(4,5)39-24(18)11-23(22)34-6-8-38-9-7-34/h10-11,13-15,20H,6-9,12,16-17,30H2,1-5H3,(H,33,36). The fourth-order valence-corrected chi connectivity index (χ4v) is 5.10. The van der Waals surface area contributed by atoms with Gasteiger partial charge in [0.2, 0.25) is 0 Å². The molecule has 11 heteroatoms. The Bertz CT molecular complexity index is 1310. The molecular formula is C29H38N6O5. The lowest BCUT2D eigenvalue weighted by molar-refractivity contribution is -0.111. The van der Waals surface area contributed by atoms with Crippen molar-refractivity contribution in [3.8, 4) is 5.75 Å². The maximum atomic E-state index is 13.5. The van der Waals surface area contributed by atoms with E-state index in [-0.39, 0.29) is 29.0 Å². The van der Waals surface area contributed by atoms with Crippen LogP contribution in [0.5, 0.6) is 5.75 Å². The minimum atomic E-state index is -0.536. The second kappa shape index (κ2) is 10.6. The predicted molar refractivity (Wildman–Crippen MR) is 151 cm³/mol. The van der Waals surface area contributed by atoms with Gasteiger partial charge >= 0.3 is 6.09 Å². The summed E-state index contributed by atoms with van der Waals surface area (Å²) in [6, 6.07) is 3.99. The summed E-state index contributed by atoms with van der Waals surface area (Å²) in [6.07, 6.45) is 5.01. The highest BCUT2D eigenvalue weighted by atomic mass is 16.6. The molecule has 5 rings (SSSR count).